The average Bonchev–Trinajstić information content (AvgIpc) is 2.96. The predicted octanol–water partition coefficient (Wildman–Crippen LogP) is 8.42. The third-order valence-corrected chi connectivity index (χ3v) is 7.33. The Kier molecular flexibility index (Phi) is 7.82. The number of carbonyl (C=O) groups is 1. The van der Waals surface area contributed by atoms with E-state index in [2.05, 4.69) is 0 Å². The number of ketones is 1. The van der Waals surface area contributed by atoms with E-state index < -0.39 is 8.38 Å². The van der Waals surface area contributed by atoms with Crippen molar-refractivity contribution in [2.45, 2.75) is 13.8 Å². The zero-order chi connectivity index (χ0) is 26.3. The third-order valence-electron chi connectivity index (χ3n) is 5.85. The van der Waals surface area contributed by atoms with Gasteiger partial charge in [0.1, 0.15) is 23.0 Å². The summed E-state index contributed by atoms with van der Waals surface area (Å²) < 4.78 is 18.5. The summed E-state index contributed by atoms with van der Waals surface area (Å²) >= 11 is 0. The number of hydrogen-bond donors (Lipinski definition) is 0. The SMILES string of the molecule is Cc1ccc(Oc2ccc(OP(Oc3ccc(C(=O)c4ccc(C)cc4)cc3)c3ccccc3)cc2)cc1. The Morgan fingerprint density at radius 2 is 0.895 bits per heavy atom. The maximum Gasteiger partial charge on any atom is 0.326 e. The summed E-state index contributed by atoms with van der Waals surface area (Å²) in [4.78, 5) is 12.8. The summed E-state index contributed by atoms with van der Waals surface area (Å²) in [5.74, 6) is 2.77. The molecule has 38 heavy (non-hydrogen) atoms. The number of hydrogen-bond acceptors (Lipinski definition) is 4. The Morgan fingerprint density at radius 3 is 1.42 bits per heavy atom. The molecule has 0 fully saturated rings. The molecule has 0 heterocycles. The van der Waals surface area contributed by atoms with Crippen LogP contribution in [-0.4, -0.2) is 5.78 Å². The fourth-order valence-electron chi connectivity index (χ4n) is 3.71. The van der Waals surface area contributed by atoms with E-state index in [9.17, 15) is 4.79 Å². The highest BCUT2D eigenvalue weighted by Crippen LogP contribution is 2.40. The Labute approximate surface area is 224 Å². The van der Waals surface area contributed by atoms with Crippen LogP contribution in [0.3, 0.4) is 0 Å². The lowest BCUT2D eigenvalue weighted by Crippen LogP contribution is -2.09. The molecule has 0 amide bonds. The molecule has 5 aromatic rings. The lowest BCUT2D eigenvalue weighted by atomic mass is 10.0. The van der Waals surface area contributed by atoms with Crippen molar-refractivity contribution in [2.75, 3.05) is 0 Å². The Bertz CT molecular complexity index is 1480. The minimum absolute atomic E-state index is 0.0222. The average molecular weight is 519 g/mol. The molecule has 1 unspecified atom stereocenters. The quantitative estimate of drug-likeness (QED) is 0.145. The van der Waals surface area contributed by atoms with E-state index in [4.69, 9.17) is 13.8 Å². The van der Waals surface area contributed by atoms with Crippen LogP contribution in [0, 0.1) is 13.8 Å². The van der Waals surface area contributed by atoms with Gasteiger partial charge < -0.3 is 13.8 Å². The molecule has 5 heteroatoms. The lowest BCUT2D eigenvalue weighted by molar-refractivity contribution is 0.103. The van der Waals surface area contributed by atoms with Gasteiger partial charge in [-0.15, -0.1) is 0 Å². The lowest BCUT2D eigenvalue weighted by Gasteiger charge is -2.19. The van der Waals surface area contributed by atoms with Crippen molar-refractivity contribution in [2.24, 2.45) is 0 Å². The molecule has 0 radical (unpaired) electrons. The third kappa shape index (κ3) is 6.47. The van der Waals surface area contributed by atoms with Crippen LogP contribution in [0.5, 0.6) is 23.0 Å². The highest BCUT2D eigenvalue weighted by molar-refractivity contribution is 7.56. The molecule has 188 valence electrons. The molecule has 0 aliphatic rings. The highest BCUT2D eigenvalue weighted by atomic mass is 31.2. The van der Waals surface area contributed by atoms with Crippen LogP contribution in [0.25, 0.3) is 0 Å². The monoisotopic (exact) mass is 518 g/mol. The highest BCUT2D eigenvalue weighted by Gasteiger charge is 2.19. The maximum absolute atomic E-state index is 12.8. The van der Waals surface area contributed by atoms with Crippen molar-refractivity contribution in [1.82, 2.24) is 0 Å². The number of ether oxygens (including phenoxy) is 1. The van der Waals surface area contributed by atoms with E-state index in [1.54, 1.807) is 12.1 Å². The molecule has 0 saturated carbocycles. The van der Waals surface area contributed by atoms with Crippen LogP contribution in [-0.2, 0) is 0 Å². The van der Waals surface area contributed by atoms with Gasteiger partial charge in [0, 0.05) is 11.1 Å². The summed E-state index contributed by atoms with van der Waals surface area (Å²) in [5.41, 5.74) is 3.57. The second-order valence-electron chi connectivity index (χ2n) is 8.88. The van der Waals surface area contributed by atoms with E-state index in [-0.39, 0.29) is 5.78 Å². The Hall–Kier alpha value is -4.40. The zero-order valence-corrected chi connectivity index (χ0v) is 22.1. The van der Waals surface area contributed by atoms with Gasteiger partial charge >= 0.3 is 8.38 Å². The van der Waals surface area contributed by atoms with E-state index in [1.165, 1.54) is 5.56 Å². The van der Waals surface area contributed by atoms with Crippen LogP contribution in [0.1, 0.15) is 27.0 Å². The van der Waals surface area contributed by atoms with Gasteiger partial charge in [0.05, 0.1) is 5.30 Å². The number of carbonyl (C=O) groups excluding carboxylic acids is 1. The first-order valence-electron chi connectivity index (χ1n) is 12.3. The molecule has 4 nitrogen and oxygen atoms in total. The zero-order valence-electron chi connectivity index (χ0n) is 21.2. The van der Waals surface area contributed by atoms with Gasteiger partial charge in [-0.05, 0) is 86.6 Å². The van der Waals surface area contributed by atoms with E-state index in [1.807, 2.05) is 129 Å². The van der Waals surface area contributed by atoms with Gasteiger partial charge in [-0.25, -0.2) is 0 Å². The van der Waals surface area contributed by atoms with Gasteiger partial charge in [-0.2, -0.15) is 0 Å². The predicted molar refractivity (Wildman–Crippen MR) is 153 cm³/mol. The van der Waals surface area contributed by atoms with Crippen molar-refractivity contribution < 1.29 is 18.6 Å². The van der Waals surface area contributed by atoms with Crippen LogP contribution >= 0.6 is 8.38 Å². The molecule has 0 bridgehead atoms. The number of aryl methyl sites for hydroxylation is 2. The van der Waals surface area contributed by atoms with Gasteiger partial charge in [0.2, 0.25) is 0 Å². The fraction of sp³-hybridized carbons (Fsp3) is 0.0606. The van der Waals surface area contributed by atoms with Crippen LogP contribution in [0.15, 0.2) is 127 Å². The minimum Gasteiger partial charge on any atom is -0.457 e. The molecular formula is C33H27O4P. The molecule has 0 N–H and O–H groups in total. The topological polar surface area (TPSA) is 44.8 Å². The van der Waals surface area contributed by atoms with E-state index >= 15 is 0 Å². The van der Waals surface area contributed by atoms with Crippen molar-refractivity contribution >= 4 is 19.5 Å². The van der Waals surface area contributed by atoms with Crippen molar-refractivity contribution in [1.29, 1.82) is 0 Å². The molecule has 0 aromatic heterocycles. The smallest absolute Gasteiger partial charge is 0.326 e. The van der Waals surface area contributed by atoms with Crippen molar-refractivity contribution in [3.63, 3.8) is 0 Å². The maximum atomic E-state index is 12.8. The standard InChI is InChI=1S/C33H27O4P/c1-24-8-12-26(13-9-24)33(34)27-14-18-30(19-15-27)36-38(32-6-4-3-5-7-32)37-31-22-20-29(21-23-31)35-28-16-10-25(2)11-17-28/h3-23H,1-2H3. The summed E-state index contributed by atoms with van der Waals surface area (Å²) in [6, 6.07) is 40.0. The molecule has 0 saturated heterocycles. The normalized spacial score (nSPS) is 11.4. The summed E-state index contributed by atoms with van der Waals surface area (Å²) in [7, 11) is -1.47. The molecule has 1 atom stereocenters. The number of rotatable bonds is 9. The van der Waals surface area contributed by atoms with Crippen LogP contribution in [0.4, 0.5) is 0 Å². The van der Waals surface area contributed by atoms with Crippen molar-refractivity contribution in [3.05, 3.63) is 150 Å². The molecule has 0 aliphatic carbocycles. The van der Waals surface area contributed by atoms with Gasteiger partial charge in [0.25, 0.3) is 0 Å². The largest absolute Gasteiger partial charge is 0.457 e. The summed E-state index contributed by atoms with van der Waals surface area (Å²) in [5, 5.41) is 0.933. The fourth-order valence-corrected chi connectivity index (χ4v) is 5.00. The summed E-state index contributed by atoms with van der Waals surface area (Å²) in [6.45, 7) is 4.04. The first kappa shape index (κ1) is 25.3. The first-order valence-corrected chi connectivity index (χ1v) is 13.5. The van der Waals surface area contributed by atoms with Gasteiger partial charge in [-0.3, -0.25) is 4.79 Å². The second kappa shape index (κ2) is 11.8. The Morgan fingerprint density at radius 1 is 0.500 bits per heavy atom. The minimum atomic E-state index is -1.47. The number of benzene rings is 5. The van der Waals surface area contributed by atoms with Crippen molar-refractivity contribution in [3.8, 4) is 23.0 Å². The molecular weight excluding hydrogens is 491 g/mol. The summed E-state index contributed by atoms with van der Waals surface area (Å²) in [6.07, 6.45) is 0. The first-order chi connectivity index (χ1) is 18.5. The van der Waals surface area contributed by atoms with E-state index in [0.717, 1.165) is 22.4 Å². The molecule has 5 aromatic carbocycles. The molecule has 0 aliphatic heterocycles. The van der Waals surface area contributed by atoms with E-state index in [0.29, 0.717) is 22.6 Å². The molecule has 5 rings (SSSR count). The van der Waals surface area contributed by atoms with Gasteiger partial charge in [-0.1, -0.05) is 65.7 Å². The molecule has 0 spiro atoms. The second-order valence-corrected chi connectivity index (χ2v) is 10.3. The van der Waals surface area contributed by atoms with Gasteiger partial charge in [0.15, 0.2) is 5.78 Å². The Balaban J connectivity index is 1.29. The van der Waals surface area contributed by atoms with Crippen LogP contribution < -0.4 is 19.1 Å². The van der Waals surface area contributed by atoms with Crippen LogP contribution in [0.2, 0.25) is 0 Å².